The second kappa shape index (κ2) is 3.49. The van der Waals surface area contributed by atoms with Gasteiger partial charge < -0.3 is 10.5 Å². The first-order valence-corrected chi connectivity index (χ1v) is 4.73. The third kappa shape index (κ3) is 2.17. The van der Waals surface area contributed by atoms with Gasteiger partial charge >= 0.3 is 6.01 Å². The van der Waals surface area contributed by atoms with E-state index in [-0.39, 0.29) is 5.54 Å². The second-order valence-corrected chi connectivity index (χ2v) is 3.80. The van der Waals surface area contributed by atoms with E-state index in [0.717, 1.165) is 31.4 Å². The minimum Gasteiger partial charge on any atom is -0.466 e. The highest BCUT2D eigenvalue weighted by Gasteiger charge is 2.37. The molecule has 1 heterocycles. The molecule has 2 N–H and O–H groups in total. The van der Waals surface area contributed by atoms with Gasteiger partial charge in [-0.05, 0) is 25.7 Å². The summed E-state index contributed by atoms with van der Waals surface area (Å²) in [6.07, 6.45) is 5.77. The standard InChI is InChI=1S/C9H14N4O/c1-14-8-11-6-7(12-13-8)2-3-9(10)4-5-9/h6H,2-5,10H2,1H3. The van der Waals surface area contributed by atoms with E-state index in [1.807, 2.05) is 0 Å². The molecular formula is C9H14N4O. The fraction of sp³-hybridized carbons (Fsp3) is 0.667. The number of aromatic nitrogens is 3. The van der Waals surface area contributed by atoms with E-state index < -0.39 is 0 Å². The van der Waals surface area contributed by atoms with Crippen LogP contribution in [0.25, 0.3) is 0 Å². The zero-order chi connectivity index (χ0) is 10.0. The summed E-state index contributed by atoms with van der Waals surface area (Å²) < 4.78 is 4.82. The molecule has 0 amide bonds. The lowest BCUT2D eigenvalue weighted by Gasteiger charge is -2.06. The summed E-state index contributed by atoms with van der Waals surface area (Å²) in [5.74, 6) is 0. The van der Waals surface area contributed by atoms with Gasteiger partial charge in [-0.1, -0.05) is 5.10 Å². The molecule has 1 aliphatic rings. The van der Waals surface area contributed by atoms with Crippen LogP contribution in [0, 0.1) is 0 Å². The number of hydrogen-bond donors (Lipinski definition) is 1. The average molecular weight is 194 g/mol. The molecule has 1 aromatic rings. The van der Waals surface area contributed by atoms with Crippen molar-refractivity contribution in [2.45, 2.75) is 31.2 Å². The maximum Gasteiger partial charge on any atom is 0.335 e. The van der Waals surface area contributed by atoms with Gasteiger partial charge in [-0.2, -0.15) is 0 Å². The zero-order valence-corrected chi connectivity index (χ0v) is 8.23. The molecule has 1 aromatic heterocycles. The lowest BCUT2D eigenvalue weighted by atomic mass is 10.1. The Balaban J connectivity index is 1.89. The summed E-state index contributed by atoms with van der Waals surface area (Å²) in [7, 11) is 1.52. The number of ether oxygens (including phenoxy) is 1. The number of nitrogens with two attached hydrogens (primary N) is 1. The minimum atomic E-state index is 0.0710. The van der Waals surface area contributed by atoms with Gasteiger partial charge in [0, 0.05) is 5.54 Å². The van der Waals surface area contributed by atoms with Crippen molar-refractivity contribution in [1.29, 1.82) is 0 Å². The van der Waals surface area contributed by atoms with Crippen molar-refractivity contribution in [2.75, 3.05) is 7.11 Å². The van der Waals surface area contributed by atoms with Crippen LogP contribution in [0.1, 0.15) is 25.0 Å². The van der Waals surface area contributed by atoms with Crippen LogP contribution in [-0.4, -0.2) is 27.8 Å². The van der Waals surface area contributed by atoms with Crippen LogP contribution in [0.5, 0.6) is 6.01 Å². The molecule has 0 aromatic carbocycles. The Hall–Kier alpha value is -1.23. The van der Waals surface area contributed by atoms with Crippen molar-refractivity contribution in [1.82, 2.24) is 15.2 Å². The summed E-state index contributed by atoms with van der Waals surface area (Å²) in [6.45, 7) is 0. The summed E-state index contributed by atoms with van der Waals surface area (Å²) in [5, 5.41) is 7.78. The highest BCUT2D eigenvalue weighted by molar-refractivity contribution is 5.04. The molecule has 1 fully saturated rings. The number of hydrogen-bond acceptors (Lipinski definition) is 5. The Labute approximate surface area is 82.7 Å². The van der Waals surface area contributed by atoms with Crippen LogP contribution in [0.3, 0.4) is 0 Å². The Bertz CT molecular complexity index is 307. The Morgan fingerprint density at radius 3 is 2.79 bits per heavy atom. The number of rotatable bonds is 4. The average Bonchev–Trinajstić information content (AvgIpc) is 2.95. The van der Waals surface area contributed by atoms with E-state index in [9.17, 15) is 0 Å². The number of nitrogens with zero attached hydrogens (tertiary/aromatic N) is 3. The molecule has 0 unspecified atom stereocenters. The summed E-state index contributed by atoms with van der Waals surface area (Å²) in [4.78, 5) is 3.98. The van der Waals surface area contributed by atoms with Gasteiger partial charge in [0.15, 0.2) is 0 Å². The van der Waals surface area contributed by atoms with E-state index >= 15 is 0 Å². The molecule has 76 valence electrons. The SMILES string of the molecule is COc1ncc(CCC2(N)CC2)nn1. The van der Waals surface area contributed by atoms with Gasteiger partial charge in [0.25, 0.3) is 0 Å². The lowest BCUT2D eigenvalue weighted by molar-refractivity contribution is 0.371. The van der Waals surface area contributed by atoms with Crippen molar-refractivity contribution in [3.05, 3.63) is 11.9 Å². The predicted molar refractivity (Wildman–Crippen MR) is 50.9 cm³/mol. The molecule has 0 aliphatic heterocycles. The van der Waals surface area contributed by atoms with Gasteiger partial charge in [-0.3, -0.25) is 0 Å². The van der Waals surface area contributed by atoms with Crippen LogP contribution in [0.2, 0.25) is 0 Å². The first kappa shape index (κ1) is 9.33. The quantitative estimate of drug-likeness (QED) is 0.746. The van der Waals surface area contributed by atoms with Crippen molar-refractivity contribution in [3.8, 4) is 6.01 Å². The highest BCUT2D eigenvalue weighted by Crippen LogP contribution is 2.36. The number of methoxy groups -OCH3 is 1. The molecule has 2 rings (SSSR count). The Morgan fingerprint density at radius 1 is 1.50 bits per heavy atom. The fourth-order valence-electron chi connectivity index (χ4n) is 1.28. The third-order valence-corrected chi connectivity index (χ3v) is 2.54. The van der Waals surface area contributed by atoms with Crippen molar-refractivity contribution in [2.24, 2.45) is 5.73 Å². The molecule has 5 nitrogen and oxygen atoms in total. The first-order valence-electron chi connectivity index (χ1n) is 4.73. The van der Waals surface area contributed by atoms with Crippen molar-refractivity contribution in [3.63, 3.8) is 0 Å². The maximum atomic E-state index is 5.96. The van der Waals surface area contributed by atoms with Crippen LogP contribution in [0.15, 0.2) is 6.20 Å². The summed E-state index contributed by atoms with van der Waals surface area (Å²) in [5.41, 5.74) is 6.91. The van der Waals surface area contributed by atoms with E-state index in [0.29, 0.717) is 6.01 Å². The van der Waals surface area contributed by atoms with Gasteiger partial charge in [0.1, 0.15) is 0 Å². The monoisotopic (exact) mass is 194 g/mol. The molecule has 0 atom stereocenters. The molecule has 0 spiro atoms. The Morgan fingerprint density at radius 2 is 2.29 bits per heavy atom. The van der Waals surface area contributed by atoms with Crippen LogP contribution >= 0.6 is 0 Å². The fourth-order valence-corrected chi connectivity index (χ4v) is 1.28. The molecule has 1 saturated carbocycles. The molecule has 1 aliphatic carbocycles. The number of aryl methyl sites for hydroxylation is 1. The van der Waals surface area contributed by atoms with E-state index in [1.54, 1.807) is 6.20 Å². The van der Waals surface area contributed by atoms with E-state index in [4.69, 9.17) is 10.5 Å². The third-order valence-electron chi connectivity index (χ3n) is 2.54. The van der Waals surface area contributed by atoms with Crippen molar-refractivity contribution >= 4 is 0 Å². The van der Waals surface area contributed by atoms with Gasteiger partial charge in [0.05, 0.1) is 19.0 Å². The maximum absolute atomic E-state index is 5.96. The first-order chi connectivity index (χ1) is 6.72. The Kier molecular flexibility index (Phi) is 2.33. The smallest absolute Gasteiger partial charge is 0.335 e. The molecule has 0 bridgehead atoms. The zero-order valence-electron chi connectivity index (χ0n) is 8.23. The van der Waals surface area contributed by atoms with E-state index in [1.165, 1.54) is 7.11 Å². The van der Waals surface area contributed by atoms with Gasteiger partial charge in [-0.25, -0.2) is 4.98 Å². The van der Waals surface area contributed by atoms with Crippen LogP contribution < -0.4 is 10.5 Å². The lowest BCUT2D eigenvalue weighted by Crippen LogP contribution is -2.22. The van der Waals surface area contributed by atoms with Gasteiger partial charge in [-0.15, -0.1) is 5.10 Å². The summed E-state index contributed by atoms with van der Waals surface area (Å²) in [6, 6.07) is 0.308. The second-order valence-electron chi connectivity index (χ2n) is 3.80. The minimum absolute atomic E-state index is 0.0710. The van der Waals surface area contributed by atoms with Crippen LogP contribution in [-0.2, 0) is 6.42 Å². The molecule has 5 heteroatoms. The molecule has 0 radical (unpaired) electrons. The molecule has 0 saturated heterocycles. The predicted octanol–water partition coefficient (Wildman–Crippen LogP) is 0.304. The normalized spacial score (nSPS) is 17.9. The van der Waals surface area contributed by atoms with Gasteiger partial charge in [0.2, 0.25) is 0 Å². The molecular weight excluding hydrogens is 180 g/mol. The van der Waals surface area contributed by atoms with Crippen LogP contribution in [0.4, 0.5) is 0 Å². The molecule has 14 heavy (non-hydrogen) atoms. The summed E-state index contributed by atoms with van der Waals surface area (Å²) >= 11 is 0. The van der Waals surface area contributed by atoms with Crippen molar-refractivity contribution < 1.29 is 4.74 Å². The largest absolute Gasteiger partial charge is 0.466 e. The highest BCUT2D eigenvalue weighted by atomic mass is 16.5. The van der Waals surface area contributed by atoms with E-state index in [2.05, 4.69) is 15.2 Å². The topological polar surface area (TPSA) is 73.9 Å².